The van der Waals surface area contributed by atoms with Crippen LogP contribution in [0.4, 0.5) is 0 Å². The van der Waals surface area contributed by atoms with Crippen LogP contribution < -0.4 is 16.0 Å². The van der Waals surface area contributed by atoms with E-state index in [1.54, 1.807) is 35.8 Å². The number of halogens is 2. The van der Waals surface area contributed by atoms with Gasteiger partial charge in [0.1, 0.15) is 11.3 Å². The maximum Gasteiger partial charge on any atom is 0.340 e. The highest BCUT2D eigenvalue weighted by molar-refractivity contribution is 6.42. The van der Waals surface area contributed by atoms with E-state index in [0.29, 0.717) is 33.5 Å². The number of aryl methyl sites for hydroxylation is 1. The molecule has 8 heteroatoms. The van der Waals surface area contributed by atoms with Gasteiger partial charge < -0.3 is 19.8 Å². The number of carbonyl (C=O) groups is 1. The number of fused-ring (bicyclic) bond motifs is 1. The molecule has 1 aliphatic heterocycles. The van der Waals surface area contributed by atoms with E-state index in [4.69, 9.17) is 38.4 Å². The molecule has 1 atom stereocenters. The second-order valence-corrected chi connectivity index (χ2v) is 6.91. The van der Waals surface area contributed by atoms with E-state index >= 15 is 0 Å². The van der Waals surface area contributed by atoms with Crippen LogP contribution in [0.1, 0.15) is 29.7 Å². The highest BCUT2D eigenvalue weighted by atomic mass is 35.5. The monoisotopic (exact) mass is 408 g/mol. The van der Waals surface area contributed by atoms with Gasteiger partial charge in [-0.05, 0) is 31.5 Å². The number of benzene rings is 1. The van der Waals surface area contributed by atoms with E-state index in [2.05, 4.69) is 0 Å². The third kappa shape index (κ3) is 3.19. The molecule has 0 fully saturated rings. The van der Waals surface area contributed by atoms with Crippen molar-refractivity contribution >= 4 is 29.2 Å². The van der Waals surface area contributed by atoms with Gasteiger partial charge in [-0.1, -0.05) is 29.3 Å². The molecule has 0 saturated carbocycles. The molecule has 1 aliphatic rings. The van der Waals surface area contributed by atoms with Crippen LogP contribution in [0, 0.1) is 6.92 Å². The summed E-state index contributed by atoms with van der Waals surface area (Å²) in [6.07, 6.45) is 0. The lowest BCUT2D eigenvalue weighted by Crippen LogP contribution is -2.34. The zero-order valence-corrected chi connectivity index (χ0v) is 16.5. The first-order chi connectivity index (χ1) is 12.8. The van der Waals surface area contributed by atoms with Crippen molar-refractivity contribution in [1.29, 1.82) is 0 Å². The summed E-state index contributed by atoms with van der Waals surface area (Å²) in [5, 5.41) is 0.659. The summed E-state index contributed by atoms with van der Waals surface area (Å²) >= 11 is 12.2. The van der Waals surface area contributed by atoms with Crippen LogP contribution in [0.3, 0.4) is 0 Å². The number of methoxy groups -OCH3 is 1. The van der Waals surface area contributed by atoms with E-state index in [1.807, 2.05) is 6.92 Å². The first-order valence-corrected chi connectivity index (χ1v) is 9.00. The molecular weight excluding hydrogens is 391 g/mol. The molecule has 0 aliphatic carbocycles. The van der Waals surface area contributed by atoms with Crippen molar-refractivity contribution in [3.8, 4) is 5.75 Å². The molecule has 2 heterocycles. The van der Waals surface area contributed by atoms with Gasteiger partial charge in [-0.3, -0.25) is 4.79 Å². The van der Waals surface area contributed by atoms with Gasteiger partial charge in [0.05, 0.1) is 28.6 Å². The Morgan fingerprint density at radius 1 is 1.30 bits per heavy atom. The third-order valence-electron chi connectivity index (χ3n) is 4.57. The van der Waals surface area contributed by atoms with Crippen LogP contribution in [0.25, 0.3) is 0 Å². The van der Waals surface area contributed by atoms with Gasteiger partial charge >= 0.3 is 5.97 Å². The van der Waals surface area contributed by atoms with Gasteiger partial charge in [-0.25, -0.2) is 4.79 Å². The number of pyridine rings is 1. The van der Waals surface area contributed by atoms with Gasteiger partial charge in [0.25, 0.3) is 5.56 Å². The fourth-order valence-electron chi connectivity index (χ4n) is 3.31. The van der Waals surface area contributed by atoms with Crippen LogP contribution in [0.15, 0.2) is 40.5 Å². The van der Waals surface area contributed by atoms with Crippen molar-refractivity contribution in [3.05, 3.63) is 72.9 Å². The second kappa shape index (κ2) is 7.29. The lowest BCUT2D eigenvalue weighted by atomic mass is 9.83. The quantitative estimate of drug-likeness (QED) is 0.787. The Labute approximate surface area is 166 Å². The first kappa shape index (κ1) is 19.3. The molecule has 0 amide bonds. The van der Waals surface area contributed by atoms with Crippen molar-refractivity contribution in [2.24, 2.45) is 5.73 Å². The Morgan fingerprint density at radius 3 is 2.59 bits per heavy atom. The second-order valence-electron chi connectivity index (χ2n) is 6.09. The average Bonchev–Trinajstić information content (AvgIpc) is 2.62. The third-order valence-corrected chi connectivity index (χ3v) is 5.31. The van der Waals surface area contributed by atoms with Crippen LogP contribution in [-0.2, 0) is 16.1 Å². The summed E-state index contributed by atoms with van der Waals surface area (Å²) in [4.78, 5) is 25.6. The molecular formula is C19H18Cl2N2O4. The SMILES string of the molecule is CCn1c(C)cc2c(c1=O)[C@@H](c1ccc(Cl)c(Cl)c1)C(C(=O)OC)=C(N)O2. The van der Waals surface area contributed by atoms with Crippen molar-refractivity contribution in [3.63, 3.8) is 0 Å². The summed E-state index contributed by atoms with van der Waals surface area (Å²) in [5.74, 6) is -1.28. The molecule has 0 radical (unpaired) electrons. The van der Waals surface area contributed by atoms with E-state index in [1.165, 1.54) is 7.11 Å². The Hall–Kier alpha value is -2.44. The highest BCUT2D eigenvalue weighted by Gasteiger charge is 2.38. The first-order valence-electron chi connectivity index (χ1n) is 8.25. The number of carbonyl (C=O) groups excluding carboxylic acids is 1. The standard InChI is InChI=1S/C19H18Cl2N2O4/c1-4-23-9(2)7-13-15(18(23)24)14(10-5-6-11(20)12(21)8-10)16(17(22)27-13)19(25)26-3/h5-8,14H,4,22H2,1-3H3/t14-/m1/s1. The maximum absolute atomic E-state index is 13.2. The summed E-state index contributed by atoms with van der Waals surface area (Å²) in [5.41, 5.74) is 7.42. The van der Waals surface area contributed by atoms with Crippen LogP contribution in [0.5, 0.6) is 5.75 Å². The number of hydrogen-bond donors (Lipinski definition) is 1. The van der Waals surface area contributed by atoms with E-state index in [0.717, 1.165) is 5.69 Å². The molecule has 2 aromatic rings. The van der Waals surface area contributed by atoms with Crippen LogP contribution in [-0.4, -0.2) is 17.6 Å². The minimum atomic E-state index is -0.790. The topological polar surface area (TPSA) is 83.5 Å². The lowest BCUT2D eigenvalue weighted by molar-refractivity contribution is -0.136. The van der Waals surface area contributed by atoms with Gasteiger partial charge in [0.15, 0.2) is 0 Å². The van der Waals surface area contributed by atoms with Gasteiger partial charge in [-0.2, -0.15) is 0 Å². The minimum Gasteiger partial charge on any atom is -0.465 e. The largest absolute Gasteiger partial charge is 0.465 e. The van der Waals surface area contributed by atoms with Gasteiger partial charge in [0.2, 0.25) is 5.88 Å². The number of ether oxygens (including phenoxy) is 2. The molecule has 0 saturated heterocycles. The molecule has 1 aromatic heterocycles. The van der Waals surface area contributed by atoms with Crippen molar-refractivity contribution in [2.75, 3.05) is 7.11 Å². The summed E-state index contributed by atoms with van der Waals surface area (Å²) in [6.45, 7) is 4.14. The smallest absolute Gasteiger partial charge is 0.340 e. The summed E-state index contributed by atoms with van der Waals surface area (Å²) in [6, 6.07) is 6.63. The molecule has 0 spiro atoms. The van der Waals surface area contributed by atoms with Crippen molar-refractivity contribution < 1.29 is 14.3 Å². The predicted molar refractivity (Wildman–Crippen MR) is 103 cm³/mol. The Morgan fingerprint density at radius 2 is 2.00 bits per heavy atom. The van der Waals surface area contributed by atoms with Crippen LogP contribution in [0.2, 0.25) is 10.0 Å². The molecule has 6 nitrogen and oxygen atoms in total. The zero-order chi connectivity index (χ0) is 19.9. The zero-order valence-electron chi connectivity index (χ0n) is 15.0. The van der Waals surface area contributed by atoms with Gasteiger partial charge in [0, 0.05) is 18.3 Å². The molecule has 1 aromatic carbocycles. The number of nitrogens with two attached hydrogens (primary N) is 1. The van der Waals surface area contributed by atoms with E-state index < -0.39 is 11.9 Å². The molecule has 0 unspecified atom stereocenters. The minimum absolute atomic E-state index is 0.0481. The lowest BCUT2D eigenvalue weighted by Gasteiger charge is -2.29. The Kier molecular flexibility index (Phi) is 5.22. The van der Waals surface area contributed by atoms with Crippen molar-refractivity contribution in [2.45, 2.75) is 26.3 Å². The summed E-state index contributed by atoms with van der Waals surface area (Å²) < 4.78 is 12.1. The highest BCUT2D eigenvalue weighted by Crippen LogP contribution is 2.42. The van der Waals surface area contributed by atoms with Crippen molar-refractivity contribution in [1.82, 2.24) is 4.57 Å². The summed E-state index contributed by atoms with van der Waals surface area (Å²) in [7, 11) is 1.24. The number of nitrogens with zero attached hydrogens (tertiary/aromatic N) is 1. The molecule has 142 valence electrons. The molecule has 0 bridgehead atoms. The average molecular weight is 409 g/mol. The number of rotatable bonds is 3. The van der Waals surface area contributed by atoms with E-state index in [9.17, 15) is 9.59 Å². The number of aromatic nitrogens is 1. The number of hydrogen-bond acceptors (Lipinski definition) is 5. The molecule has 27 heavy (non-hydrogen) atoms. The molecule has 2 N–H and O–H groups in total. The predicted octanol–water partition coefficient (Wildman–Crippen LogP) is 3.35. The fraction of sp³-hybridized carbons (Fsp3) is 0.263. The normalized spacial score (nSPS) is 16.0. The fourth-order valence-corrected chi connectivity index (χ4v) is 3.62. The Bertz CT molecular complexity index is 1030. The maximum atomic E-state index is 13.2. The number of esters is 1. The van der Waals surface area contributed by atoms with E-state index in [-0.39, 0.29) is 17.0 Å². The Balaban J connectivity index is 2.37. The molecule has 3 rings (SSSR count). The van der Waals surface area contributed by atoms with Gasteiger partial charge in [-0.15, -0.1) is 0 Å². The van der Waals surface area contributed by atoms with Crippen LogP contribution >= 0.6 is 23.2 Å².